The molecule has 3 amide bonds. The van der Waals surface area contributed by atoms with Crippen molar-refractivity contribution in [2.24, 2.45) is 5.92 Å². The zero-order valence-corrected chi connectivity index (χ0v) is 15.9. The van der Waals surface area contributed by atoms with Gasteiger partial charge in [-0.05, 0) is 55.8 Å². The summed E-state index contributed by atoms with van der Waals surface area (Å²) in [5.74, 6) is -0.0223. The SMILES string of the molecule is O=C1CCC(N2Cc3cccc(CNC45CCCNCC4C5)c3C2=O)C(=O)N1. The fourth-order valence-electron chi connectivity index (χ4n) is 5.17. The quantitative estimate of drug-likeness (QED) is 0.667. The molecular formula is C21H26N4O3. The van der Waals surface area contributed by atoms with E-state index < -0.39 is 6.04 Å². The maximum Gasteiger partial charge on any atom is 0.255 e. The van der Waals surface area contributed by atoms with Crippen molar-refractivity contribution in [2.45, 2.75) is 56.8 Å². The largest absolute Gasteiger partial charge is 0.322 e. The minimum atomic E-state index is -0.558. The number of imide groups is 1. The van der Waals surface area contributed by atoms with Crippen molar-refractivity contribution < 1.29 is 14.4 Å². The van der Waals surface area contributed by atoms with Crippen LogP contribution in [-0.4, -0.2) is 47.3 Å². The van der Waals surface area contributed by atoms with Gasteiger partial charge in [-0.15, -0.1) is 0 Å². The van der Waals surface area contributed by atoms with Gasteiger partial charge in [-0.2, -0.15) is 0 Å². The molecule has 28 heavy (non-hydrogen) atoms. The van der Waals surface area contributed by atoms with Crippen molar-refractivity contribution in [3.63, 3.8) is 0 Å². The van der Waals surface area contributed by atoms with Crippen LogP contribution in [0.3, 0.4) is 0 Å². The van der Waals surface area contributed by atoms with Gasteiger partial charge in [0.25, 0.3) is 5.91 Å². The summed E-state index contributed by atoms with van der Waals surface area (Å²) in [5.41, 5.74) is 2.94. The molecule has 1 aliphatic carbocycles. The molecule has 1 saturated carbocycles. The van der Waals surface area contributed by atoms with Gasteiger partial charge in [-0.3, -0.25) is 19.7 Å². The molecule has 148 valence electrons. The van der Waals surface area contributed by atoms with Crippen LogP contribution in [-0.2, 0) is 22.7 Å². The third kappa shape index (κ3) is 2.93. The predicted octanol–water partition coefficient (Wildman–Crippen LogP) is 0.679. The van der Waals surface area contributed by atoms with Crippen molar-refractivity contribution in [1.82, 2.24) is 20.9 Å². The number of fused-ring (bicyclic) bond motifs is 2. The van der Waals surface area contributed by atoms with E-state index in [2.05, 4.69) is 16.0 Å². The Hall–Kier alpha value is -2.25. The highest BCUT2D eigenvalue weighted by molar-refractivity contribution is 6.05. The van der Waals surface area contributed by atoms with Crippen LogP contribution in [0.1, 0.15) is 53.6 Å². The zero-order chi connectivity index (χ0) is 19.3. The monoisotopic (exact) mass is 382 g/mol. The zero-order valence-electron chi connectivity index (χ0n) is 15.9. The molecular weight excluding hydrogens is 356 g/mol. The number of piperidine rings is 1. The van der Waals surface area contributed by atoms with E-state index >= 15 is 0 Å². The molecule has 3 fully saturated rings. The molecule has 1 aromatic rings. The number of nitrogens with zero attached hydrogens (tertiary/aromatic N) is 1. The van der Waals surface area contributed by atoms with Gasteiger partial charge in [0.05, 0.1) is 0 Å². The van der Waals surface area contributed by atoms with Crippen molar-refractivity contribution in [2.75, 3.05) is 13.1 Å². The second-order valence-corrected chi connectivity index (χ2v) is 8.57. The maximum atomic E-state index is 13.2. The number of hydrogen-bond acceptors (Lipinski definition) is 5. The Bertz CT molecular complexity index is 854. The van der Waals surface area contributed by atoms with E-state index in [9.17, 15) is 14.4 Å². The molecule has 5 rings (SSSR count). The summed E-state index contributed by atoms with van der Waals surface area (Å²) in [6, 6.07) is 5.42. The topological polar surface area (TPSA) is 90.5 Å². The first-order chi connectivity index (χ1) is 13.6. The Balaban J connectivity index is 1.33. The molecule has 0 aromatic heterocycles. The number of nitrogens with one attached hydrogen (secondary N) is 3. The molecule has 0 spiro atoms. The van der Waals surface area contributed by atoms with E-state index in [1.54, 1.807) is 4.90 Å². The van der Waals surface area contributed by atoms with Crippen LogP contribution in [0.15, 0.2) is 18.2 Å². The van der Waals surface area contributed by atoms with Crippen LogP contribution in [0.25, 0.3) is 0 Å². The van der Waals surface area contributed by atoms with Crippen LogP contribution in [0.5, 0.6) is 0 Å². The Labute approximate surface area is 164 Å². The number of benzene rings is 1. The first-order valence-corrected chi connectivity index (χ1v) is 10.3. The Morgan fingerprint density at radius 1 is 1.25 bits per heavy atom. The highest BCUT2D eigenvalue weighted by atomic mass is 16.2. The predicted molar refractivity (Wildman–Crippen MR) is 102 cm³/mol. The summed E-state index contributed by atoms with van der Waals surface area (Å²) < 4.78 is 0. The minimum absolute atomic E-state index is 0.0886. The van der Waals surface area contributed by atoms with Gasteiger partial charge in [0.2, 0.25) is 11.8 Å². The lowest BCUT2D eigenvalue weighted by molar-refractivity contribution is -0.136. The van der Waals surface area contributed by atoms with Crippen LogP contribution in [0.2, 0.25) is 0 Å². The molecule has 7 nitrogen and oxygen atoms in total. The molecule has 3 aliphatic heterocycles. The lowest BCUT2D eigenvalue weighted by Gasteiger charge is -2.29. The number of hydrogen-bond donors (Lipinski definition) is 3. The smallest absolute Gasteiger partial charge is 0.255 e. The van der Waals surface area contributed by atoms with Gasteiger partial charge in [0.1, 0.15) is 6.04 Å². The van der Waals surface area contributed by atoms with Gasteiger partial charge < -0.3 is 15.5 Å². The van der Waals surface area contributed by atoms with Crippen molar-refractivity contribution in [3.8, 4) is 0 Å². The Morgan fingerprint density at radius 3 is 3.00 bits per heavy atom. The van der Waals surface area contributed by atoms with Gasteiger partial charge in [-0.1, -0.05) is 18.2 Å². The summed E-state index contributed by atoms with van der Waals surface area (Å²) in [6.45, 7) is 3.27. The summed E-state index contributed by atoms with van der Waals surface area (Å²) in [5, 5.41) is 9.61. The molecule has 3 heterocycles. The van der Waals surface area contributed by atoms with E-state index in [1.807, 2.05) is 18.2 Å². The van der Waals surface area contributed by atoms with Crippen molar-refractivity contribution in [1.29, 1.82) is 0 Å². The van der Waals surface area contributed by atoms with Gasteiger partial charge >= 0.3 is 0 Å². The fraction of sp³-hybridized carbons (Fsp3) is 0.571. The van der Waals surface area contributed by atoms with Crippen molar-refractivity contribution in [3.05, 3.63) is 34.9 Å². The van der Waals surface area contributed by atoms with E-state index in [0.717, 1.165) is 29.8 Å². The number of rotatable bonds is 4. The number of carbonyl (C=O) groups is 3. The lowest BCUT2D eigenvalue weighted by Crippen LogP contribution is -2.52. The van der Waals surface area contributed by atoms with Crippen LogP contribution >= 0.6 is 0 Å². The molecule has 1 aromatic carbocycles. The fourth-order valence-corrected chi connectivity index (χ4v) is 5.17. The first-order valence-electron chi connectivity index (χ1n) is 10.3. The summed E-state index contributed by atoms with van der Waals surface area (Å²) in [4.78, 5) is 38.5. The normalized spacial score (nSPS) is 31.9. The molecule has 2 saturated heterocycles. The third-order valence-corrected chi connectivity index (χ3v) is 6.87. The van der Waals surface area contributed by atoms with E-state index in [4.69, 9.17) is 0 Å². The Kier molecular flexibility index (Phi) is 4.25. The third-order valence-electron chi connectivity index (χ3n) is 6.87. The average Bonchev–Trinajstić information content (AvgIpc) is 3.30. The van der Waals surface area contributed by atoms with Gasteiger partial charge in [0, 0.05) is 30.6 Å². The van der Waals surface area contributed by atoms with Crippen molar-refractivity contribution >= 4 is 17.7 Å². The van der Waals surface area contributed by atoms with Gasteiger partial charge in [-0.25, -0.2) is 0 Å². The minimum Gasteiger partial charge on any atom is -0.322 e. The molecule has 0 bridgehead atoms. The average molecular weight is 382 g/mol. The van der Waals surface area contributed by atoms with E-state index in [1.165, 1.54) is 19.3 Å². The molecule has 4 aliphatic rings. The lowest BCUT2D eigenvalue weighted by atomic mass is 10.0. The number of carbonyl (C=O) groups excluding carboxylic acids is 3. The second kappa shape index (κ2) is 6.67. The van der Waals surface area contributed by atoms with E-state index in [0.29, 0.717) is 25.4 Å². The molecule has 3 unspecified atom stereocenters. The van der Waals surface area contributed by atoms with Crippen LogP contribution < -0.4 is 16.0 Å². The van der Waals surface area contributed by atoms with E-state index in [-0.39, 0.29) is 29.7 Å². The highest BCUT2D eigenvalue weighted by Crippen LogP contribution is 2.48. The summed E-state index contributed by atoms with van der Waals surface area (Å²) in [6.07, 6.45) is 4.23. The molecule has 3 atom stereocenters. The van der Waals surface area contributed by atoms with Crippen LogP contribution in [0, 0.1) is 5.92 Å². The molecule has 0 radical (unpaired) electrons. The summed E-state index contributed by atoms with van der Waals surface area (Å²) >= 11 is 0. The maximum absolute atomic E-state index is 13.2. The second-order valence-electron chi connectivity index (χ2n) is 8.57. The standard InChI is InChI=1S/C21H26N4O3/c26-17-6-5-16(19(27)24-17)25-12-14-4-1-3-13(18(14)20(25)28)10-23-21-7-2-8-22-11-15(21)9-21/h1,3-4,15-16,22-23H,2,5-12H2,(H,24,26,27). The van der Waals surface area contributed by atoms with Gasteiger partial charge in [0.15, 0.2) is 0 Å². The number of amides is 3. The molecule has 3 N–H and O–H groups in total. The first kappa shape index (κ1) is 17.8. The Morgan fingerprint density at radius 2 is 2.14 bits per heavy atom. The summed E-state index contributed by atoms with van der Waals surface area (Å²) in [7, 11) is 0. The molecule has 7 heteroatoms. The van der Waals surface area contributed by atoms with Crippen LogP contribution in [0.4, 0.5) is 0 Å². The highest BCUT2D eigenvalue weighted by Gasteiger charge is 2.53.